The Morgan fingerprint density at radius 2 is 1.93 bits per heavy atom. The molecule has 5 nitrogen and oxygen atoms in total. The molecule has 0 aliphatic carbocycles. The van der Waals surface area contributed by atoms with Gasteiger partial charge in [-0.2, -0.15) is 0 Å². The molecule has 1 atom stereocenters. The van der Waals surface area contributed by atoms with Gasteiger partial charge in [0.2, 0.25) is 0 Å². The number of fused-ring (bicyclic) bond motifs is 1. The second-order valence-electron chi connectivity index (χ2n) is 7.11. The molecule has 1 aliphatic rings. The maximum atomic E-state index is 12.7. The Labute approximate surface area is 174 Å². The molecule has 3 aromatic rings. The van der Waals surface area contributed by atoms with Crippen molar-refractivity contribution in [3.63, 3.8) is 0 Å². The first-order valence-corrected chi connectivity index (χ1v) is 10.6. The minimum absolute atomic E-state index is 0.0515. The van der Waals surface area contributed by atoms with E-state index in [0.717, 1.165) is 34.7 Å². The Balaban J connectivity index is 1.40. The van der Waals surface area contributed by atoms with Crippen molar-refractivity contribution in [2.45, 2.75) is 32.7 Å². The fourth-order valence-electron chi connectivity index (χ4n) is 3.60. The number of aryl methyl sites for hydroxylation is 1. The van der Waals surface area contributed by atoms with Gasteiger partial charge in [0.15, 0.2) is 12.3 Å². The van der Waals surface area contributed by atoms with Crippen molar-refractivity contribution in [1.29, 1.82) is 0 Å². The number of aromatic nitrogens is 1. The SMILES string of the molecule is CCc1ccc(-c2nc(C(=O)OCC(=O)N3c4ccccc4C[C@H]3C)cs2)cc1. The molecule has 4 rings (SSSR count). The summed E-state index contributed by atoms with van der Waals surface area (Å²) >= 11 is 1.39. The van der Waals surface area contributed by atoms with Crippen molar-refractivity contribution in [3.8, 4) is 10.6 Å². The van der Waals surface area contributed by atoms with Crippen LogP contribution in [-0.2, 0) is 22.4 Å². The average Bonchev–Trinajstić information content (AvgIpc) is 3.36. The number of thiazole rings is 1. The van der Waals surface area contributed by atoms with Gasteiger partial charge in [-0.3, -0.25) is 4.79 Å². The largest absolute Gasteiger partial charge is 0.451 e. The summed E-state index contributed by atoms with van der Waals surface area (Å²) in [4.78, 5) is 31.2. The van der Waals surface area contributed by atoms with E-state index in [9.17, 15) is 9.59 Å². The molecule has 0 spiro atoms. The molecule has 0 radical (unpaired) electrons. The number of esters is 1. The van der Waals surface area contributed by atoms with E-state index in [1.807, 2.05) is 43.3 Å². The van der Waals surface area contributed by atoms with E-state index >= 15 is 0 Å². The molecule has 2 aromatic carbocycles. The van der Waals surface area contributed by atoms with Crippen molar-refractivity contribution < 1.29 is 14.3 Å². The number of carbonyl (C=O) groups is 2. The Hall–Kier alpha value is -2.99. The van der Waals surface area contributed by atoms with E-state index in [2.05, 4.69) is 24.0 Å². The second-order valence-corrected chi connectivity index (χ2v) is 7.97. The van der Waals surface area contributed by atoms with E-state index in [1.54, 1.807) is 10.3 Å². The smallest absolute Gasteiger partial charge is 0.358 e. The number of anilines is 1. The first-order valence-electron chi connectivity index (χ1n) is 9.68. The van der Waals surface area contributed by atoms with Crippen LogP contribution in [0.5, 0.6) is 0 Å². The number of hydrogen-bond donors (Lipinski definition) is 0. The maximum Gasteiger partial charge on any atom is 0.358 e. The van der Waals surface area contributed by atoms with E-state index in [4.69, 9.17) is 4.74 Å². The lowest BCUT2D eigenvalue weighted by Gasteiger charge is -2.22. The van der Waals surface area contributed by atoms with Gasteiger partial charge in [0.05, 0.1) is 0 Å². The summed E-state index contributed by atoms with van der Waals surface area (Å²) < 4.78 is 5.27. The van der Waals surface area contributed by atoms with Crippen LogP contribution in [0.1, 0.15) is 35.5 Å². The van der Waals surface area contributed by atoms with Crippen molar-refractivity contribution in [3.05, 3.63) is 70.7 Å². The monoisotopic (exact) mass is 406 g/mol. The number of nitrogens with zero attached hydrogens (tertiary/aromatic N) is 2. The first-order chi connectivity index (χ1) is 14.1. The van der Waals surface area contributed by atoms with Crippen molar-refractivity contribution in [2.24, 2.45) is 0 Å². The van der Waals surface area contributed by atoms with Crippen LogP contribution in [0.25, 0.3) is 10.6 Å². The molecule has 0 N–H and O–H groups in total. The van der Waals surface area contributed by atoms with Gasteiger partial charge in [-0.15, -0.1) is 11.3 Å². The van der Waals surface area contributed by atoms with Gasteiger partial charge in [-0.25, -0.2) is 9.78 Å². The molecule has 0 unspecified atom stereocenters. The summed E-state index contributed by atoms with van der Waals surface area (Å²) in [6.45, 7) is 3.81. The van der Waals surface area contributed by atoms with E-state index in [0.29, 0.717) is 0 Å². The highest BCUT2D eigenvalue weighted by molar-refractivity contribution is 7.13. The van der Waals surface area contributed by atoms with Crippen LogP contribution in [-0.4, -0.2) is 29.5 Å². The quantitative estimate of drug-likeness (QED) is 0.585. The van der Waals surface area contributed by atoms with Crippen molar-refractivity contribution >= 4 is 28.9 Å². The van der Waals surface area contributed by atoms with Gasteiger partial charge in [0, 0.05) is 22.7 Å². The third-order valence-electron chi connectivity index (χ3n) is 5.13. The molecule has 1 amide bonds. The summed E-state index contributed by atoms with van der Waals surface area (Å²) in [6, 6.07) is 16.0. The highest BCUT2D eigenvalue weighted by Gasteiger charge is 2.31. The van der Waals surface area contributed by atoms with Crippen molar-refractivity contribution in [2.75, 3.05) is 11.5 Å². The number of benzene rings is 2. The molecule has 0 saturated carbocycles. The van der Waals surface area contributed by atoms with Crippen LogP contribution >= 0.6 is 11.3 Å². The van der Waals surface area contributed by atoms with Crippen LogP contribution in [0, 0.1) is 0 Å². The highest BCUT2D eigenvalue weighted by atomic mass is 32.1. The van der Waals surface area contributed by atoms with Crippen LogP contribution in [0.3, 0.4) is 0 Å². The number of ether oxygens (including phenoxy) is 1. The van der Waals surface area contributed by atoms with Crippen LogP contribution in [0.2, 0.25) is 0 Å². The van der Waals surface area contributed by atoms with Gasteiger partial charge < -0.3 is 9.64 Å². The summed E-state index contributed by atoms with van der Waals surface area (Å²) in [5.74, 6) is -0.799. The summed E-state index contributed by atoms with van der Waals surface area (Å²) in [5, 5.41) is 2.43. The number of amides is 1. The van der Waals surface area contributed by atoms with Gasteiger partial charge in [0.1, 0.15) is 5.01 Å². The maximum absolute atomic E-state index is 12.7. The normalized spacial score (nSPS) is 15.2. The van der Waals surface area contributed by atoms with E-state index in [1.165, 1.54) is 16.9 Å². The molecular formula is C23H22N2O3S. The lowest BCUT2D eigenvalue weighted by Crippen LogP contribution is -2.38. The Bertz CT molecular complexity index is 1040. The zero-order valence-electron chi connectivity index (χ0n) is 16.4. The van der Waals surface area contributed by atoms with Gasteiger partial charge in [-0.05, 0) is 37.0 Å². The van der Waals surface area contributed by atoms with E-state index < -0.39 is 5.97 Å². The zero-order valence-corrected chi connectivity index (χ0v) is 17.2. The second kappa shape index (κ2) is 8.17. The molecule has 148 valence electrons. The van der Waals surface area contributed by atoms with Crippen LogP contribution in [0.4, 0.5) is 5.69 Å². The summed E-state index contributed by atoms with van der Waals surface area (Å²) in [5.41, 5.74) is 4.48. The standard InChI is InChI=1S/C23H22N2O3S/c1-3-16-8-10-17(11-9-16)22-24-19(14-29-22)23(27)28-13-21(26)25-15(2)12-18-6-4-5-7-20(18)25/h4-11,14-15H,3,12-13H2,1-2H3/t15-/m1/s1. The predicted octanol–water partition coefficient (Wildman–Crippen LogP) is 4.51. The topological polar surface area (TPSA) is 59.5 Å². The Morgan fingerprint density at radius 3 is 2.69 bits per heavy atom. The third kappa shape index (κ3) is 3.93. The number of carbonyl (C=O) groups excluding carboxylic acids is 2. The fourth-order valence-corrected chi connectivity index (χ4v) is 4.39. The zero-order chi connectivity index (χ0) is 20.4. The molecule has 1 aromatic heterocycles. The molecule has 29 heavy (non-hydrogen) atoms. The molecule has 0 fully saturated rings. The minimum Gasteiger partial charge on any atom is -0.451 e. The van der Waals surface area contributed by atoms with Crippen LogP contribution in [0.15, 0.2) is 53.9 Å². The number of para-hydroxylation sites is 1. The average molecular weight is 407 g/mol. The molecule has 0 saturated heterocycles. The van der Waals surface area contributed by atoms with Gasteiger partial charge >= 0.3 is 5.97 Å². The highest BCUT2D eigenvalue weighted by Crippen LogP contribution is 2.32. The third-order valence-corrected chi connectivity index (χ3v) is 6.02. The lowest BCUT2D eigenvalue weighted by molar-refractivity contribution is -0.122. The van der Waals surface area contributed by atoms with Crippen LogP contribution < -0.4 is 4.90 Å². The Morgan fingerprint density at radius 1 is 1.17 bits per heavy atom. The Kier molecular flexibility index (Phi) is 5.45. The molecule has 1 aliphatic heterocycles. The number of hydrogen-bond acceptors (Lipinski definition) is 5. The lowest BCUT2D eigenvalue weighted by atomic mass is 10.1. The molecular weight excluding hydrogens is 384 g/mol. The predicted molar refractivity (Wildman–Crippen MR) is 114 cm³/mol. The molecule has 0 bridgehead atoms. The molecule has 6 heteroatoms. The van der Waals surface area contributed by atoms with Gasteiger partial charge in [0.25, 0.3) is 5.91 Å². The van der Waals surface area contributed by atoms with E-state index in [-0.39, 0.29) is 24.2 Å². The minimum atomic E-state index is -0.578. The van der Waals surface area contributed by atoms with Crippen molar-refractivity contribution in [1.82, 2.24) is 4.98 Å². The van der Waals surface area contributed by atoms with Gasteiger partial charge in [-0.1, -0.05) is 49.4 Å². The molecule has 2 heterocycles. The summed E-state index contributed by atoms with van der Waals surface area (Å²) in [7, 11) is 0. The first kappa shape index (κ1) is 19.3. The number of rotatable bonds is 5. The fraction of sp³-hybridized carbons (Fsp3) is 0.261. The summed E-state index contributed by atoms with van der Waals surface area (Å²) in [6.07, 6.45) is 1.78.